The molecule has 0 unspecified atom stereocenters. The zero-order valence-electron chi connectivity index (χ0n) is 10.5. The largest absolute Gasteiger partial charge is 0.224 e. The zero-order valence-corrected chi connectivity index (χ0v) is 11.2. The van der Waals surface area contributed by atoms with Crippen molar-refractivity contribution in [3.05, 3.63) is 34.0 Å². The summed E-state index contributed by atoms with van der Waals surface area (Å²) in [6, 6.07) is 0. The summed E-state index contributed by atoms with van der Waals surface area (Å²) in [5, 5.41) is 4.99. The van der Waals surface area contributed by atoms with Crippen LogP contribution in [0, 0.1) is 20.8 Å². The Morgan fingerprint density at radius 3 is 2.53 bits per heavy atom. The highest BCUT2D eigenvalue weighted by Gasteiger charge is 2.14. The molecule has 2 aromatic rings. The molecule has 90 valence electrons. The Morgan fingerprint density at radius 1 is 1.24 bits per heavy atom. The Kier molecular flexibility index (Phi) is 3.15. The predicted molar refractivity (Wildman–Crippen MR) is 67.8 cm³/mol. The van der Waals surface area contributed by atoms with Gasteiger partial charge in [0.25, 0.3) is 0 Å². The number of aryl methyl sites for hydroxylation is 1. The molecule has 0 atom stereocenters. The van der Waals surface area contributed by atoms with Crippen LogP contribution in [-0.4, -0.2) is 19.7 Å². The fourth-order valence-electron chi connectivity index (χ4n) is 2.03. The second kappa shape index (κ2) is 4.45. The molecule has 5 heteroatoms. The van der Waals surface area contributed by atoms with Crippen LogP contribution in [0.5, 0.6) is 0 Å². The molecule has 0 spiro atoms. The second-order valence-electron chi connectivity index (χ2n) is 4.03. The SMILES string of the molecule is CCc1c(C)nn(-c2ncnc(Cl)c2C)c1C. The molecule has 0 saturated carbocycles. The minimum atomic E-state index is 0.473. The average Bonchev–Trinajstić information content (AvgIpc) is 2.58. The molecule has 0 saturated heterocycles. The van der Waals surface area contributed by atoms with E-state index in [-0.39, 0.29) is 0 Å². The number of hydrogen-bond donors (Lipinski definition) is 0. The monoisotopic (exact) mass is 250 g/mol. The van der Waals surface area contributed by atoms with Gasteiger partial charge in [-0.05, 0) is 32.8 Å². The van der Waals surface area contributed by atoms with Gasteiger partial charge in [0.2, 0.25) is 0 Å². The minimum absolute atomic E-state index is 0.473. The smallest absolute Gasteiger partial charge is 0.161 e. The molecule has 0 fully saturated rings. The third kappa shape index (κ3) is 1.93. The topological polar surface area (TPSA) is 43.6 Å². The third-order valence-corrected chi connectivity index (χ3v) is 3.37. The molecule has 0 aromatic carbocycles. The molecule has 0 bridgehead atoms. The van der Waals surface area contributed by atoms with E-state index < -0.39 is 0 Å². The van der Waals surface area contributed by atoms with Crippen LogP contribution in [0.3, 0.4) is 0 Å². The quantitative estimate of drug-likeness (QED) is 0.770. The molecular formula is C12H15ClN4. The van der Waals surface area contributed by atoms with Crippen LogP contribution in [0.4, 0.5) is 0 Å². The van der Waals surface area contributed by atoms with Crippen LogP contribution in [0.2, 0.25) is 5.15 Å². The fraction of sp³-hybridized carbons (Fsp3) is 0.417. The molecule has 4 nitrogen and oxygen atoms in total. The van der Waals surface area contributed by atoms with Crippen molar-refractivity contribution in [2.75, 3.05) is 0 Å². The predicted octanol–water partition coefficient (Wildman–Crippen LogP) is 2.80. The Morgan fingerprint density at radius 2 is 1.94 bits per heavy atom. The van der Waals surface area contributed by atoms with Gasteiger partial charge in [-0.2, -0.15) is 5.10 Å². The summed E-state index contributed by atoms with van der Waals surface area (Å²) in [4.78, 5) is 8.22. The van der Waals surface area contributed by atoms with E-state index in [2.05, 4.69) is 22.0 Å². The minimum Gasteiger partial charge on any atom is -0.224 e. The van der Waals surface area contributed by atoms with Crippen LogP contribution in [0.1, 0.15) is 29.4 Å². The lowest BCUT2D eigenvalue weighted by molar-refractivity contribution is 0.791. The summed E-state index contributed by atoms with van der Waals surface area (Å²) in [5.41, 5.74) is 4.27. The van der Waals surface area contributed by atoms with Gasteiger partial charge < -0.3 is 0 Å². The maximum atomic E-state index is 6.00. The van der Waals surface area contributed by atoms with Crippen LogP contribution in [-0.2, 0) is 6.42 Å². The first-order valence-electron chi connectivity index (χ1n) is 5.58. The molecule has 0 radical (unpaired) electrons. The molecule has 0 aliphatic heterocycles. The van der Waals surface area contributed by atoms with E-state index in [1.54, 1.807) is 0 Å². The first-order valence-corrected chi connectivity index (χ1v) is 5.96. The number of hydrogen-bond acceptors (Lipinski definition) is 3. The normalized spacial score (nSPS) is 10.9. The van der Waals surface area contributed by atoms with Crippen molar-refractivity contribution >= 4 is 11.6 Å². The molecule has 0 amide bonds. The van der Waals surface area contributed by atoms with Gasteiger partial charge in [-0.1, -0.05) is 18.5 Å². The van der Waals surface area contributed by atoms with Crippen molar-refractivity contribution < 1.29 is 0 Å². The standard InChI is InChI=1S/C12H15ClN4/c1-5-10-8(3)16-17(9(10)4)12-7(2)11(13)14-6-15-12/h6H,5H2,1-4H3. The summed E-state index contributed by atoms with van der Waals surface area (Å²) in [6.45, 7) is 8.09. The lowest BCUT2D eigenvalue weighted by Crippen LogP contribution is -2.05. The average molecular weight is 251 g/mol. The summed E-state index contributed by atoms with van der Waals surface area (Å²) in [7, 11) is 0. The third-order valence-electron chi connectivity index (χ3n) is 2.99. The Balaban J connectivity index is 2.65. The van der Waals surface area contributed by atoms with Crippen LogP contribution in [0.15, 0.2) is 6.33 Å². The van der Waals surface area contributed by atoms with Crippen molar-refractivity contribution in [3.63, 3.8) is 0 Å². The first kappa shape index (κ1) is 12.0. The molecule has 0 aliphatic carbocycles. The molecule has 2 heterocycles. The number of rotatable bonds is 2. The van der Waals surface area contributed by atoms with Gasteiger partial charge in [0.05, 0.1) is 5.69 Å². The van der Waals surface area contributed by atoms with E-state index >= 15 is 0 Å². The Hall–Kier alpha value is -1.42. The van der Waals surface area contributed by atoms with Crippen LogP contribution in [0.25, 0.3) is 5.82 Å². The molecule has 0 aliphatic rings. The molecule has 2 rings (SSSR count). The van der Waals surface area contributed by atoms with Crippen molar-refractivity contribution in [1.29, 1.82) is 0 Å². The Bertz CT molecular complexity index is 560. The van der Waals surface area contributed by atoms with Crippen molar-refractivity contribution in [3.8, 4) is 5.82 Å². The van der Waals surface area contributed by atoms with Crippen molar-refractivity contribution in [2.24, 2.45) is 0 Å². The molecule has 17 heavy (non-hydrogen) atoms. The maximum Gasteiger partial charge on any atom is 0.161 e. The summed E-state index contributed by atoms with van der Waals surface area (Å²) < 4.78 is 1.84. The van der Waals surface area contributed by atoms with Gasteiger partial charge in [-0.25, -0.2) is 14.6 Å². The van der Waals surface area contributed by atoms with Crippen LogP contribution < -0.4 is 0 Å². The van der Waals surface area contributed by atoms with Gasteiger partial charge in [-0.3, -0.25) is 0 Å². The molecule has 0 N–H and O–H groups in total. The van der Waals surface area contributed by atoms with E-state index in [1.165, 1.54) is 11.9 Å². The fourth-order valence-corrected chi connectivity index (χ4v) is 2.15. The second-order valence-corrected chi connectivity index (χ2v) is 4.39. The van der Waals surface area contributed by atoms with E-state index in [9.17, 15) is 0 Å². The van der Waals surface area contributed by atoms with Crippen molar-refractivity contribution in [1.82, 2.24) is 19.7 Å². The van der Waals surface area contributed by atoms with Crippen molar-refractivity contribution in [2.45, 2.75) is 34.1 Å². The van der Waals surface area contributed by atoms with Gasteiger partial charge in [0.1, 0.15) is 11.5 Å². The maximum absolute atomic E-state index is 6.00. The number of aromatic nitrogens is 4. The highest BCUT2D eigenvalue weighted by atomic mass is 35.5. The van der Waals surface area contributed by atoms with E-state index in [0.29, 0.717) is 5.15 Å². The summed E-state index contributed by atoms with van der Waals surface area (Å²) in [5.74, 6) is 0.755. The van der Waals surface area contributed by atoms with E-state index in [1.807, 2.05) is 25.5 Å². The lowest BCUT2D eigenvalue weighted by atomic mass is 10.1. The zero-order chi connectivity index (χ0) is 12.6. The van der Waals surface area contributed by atoms with E-state index in [4.69, 9.17) is 11.6 Å². The number of nitrogens with zero attached hydrogens (tertiary/aromatic N) is 4. The number of halogens is 1. The highest BCUT2D eigenvalue weighted by Crippen LogP contribution is 2.21. The van der Waals surface area contributed by atoms with Crippen LogP contribution >= 0.6 is 11.6 Å². The van der Waals surface area contributed by atoms with Gasteiger partial charge >= 0.3 is 0 Å². The van der Waals surface area contributed by atoms with E-state index in [0.717, 1.165) is 29.2 Å². The van der Waals surface area contributed by atoms with Gasteiger partial charge in [0.15, 0.2) is 5.82 Å². The van der Waals surface area contributed by atoms with Gasteiger partial charge in [0, 0.05) is 11.3 Å². The molecule has 2 aromatic heterocycles. The first-order chi connectivity index (χ1) is 8.06. The molecular weight excluding hydrogens is 236 g/mol. The highest BCUT2D eigenvalue weighted by molar-refractivity contribution is 6.30. The Labute approximate surface area is 106 Å². The lowest BCUT2D eigenvalue weighted by Gasteiger charge is -2.07. The summed E-state index contributed by atoms with van der Waals surface area (Å²) in [6.07, 6.45) is 2.43. The summed E-state index contributed by atoms with van der Waals surface area (Å²) >= 11 is 6.00. The van der Waals surface area contributed by atoms with Gasteiger partial charge in [-0.15, -0.1) is 0 Å².